The van der Waals surface area contributed by atoms with Gasteiger partial charge in [0.2, 0.25) is 5.75 Å². The molecular weight excluding hydrogens is 492 g/mol. The van der Waals surface area contributed by atoms with Crippen molar-refractivity contribution >= 4 is 11.6 Å². The van der Waals surface area contributed by atoms with Crippen LogP contribution in [0.2, 0.25) is 0 Å². The average Bonchev–Trinajstić information content (AvgIpc) is 2.94. The molecule has 2 unspecified atom stereocenters. The van der Waals surface area contributed by atoms with Crippen LogP contribution < -0.4 is 19.1 Å². The van der Waals surface area contributed by atoms with Crippen molar-refractivity contribution < 1.29 is 24.1 Å². The molecule has 2 aromatic rings. The first-order valence-corrected chi connectivity index (χ1v) is 14.8. The normalized spacial score (nSPS) is 22.7. The van der Waals surface area contributed by atoms with Crippen LogP contribution in [0.1, 0.15) is 88.7 Å². The molecule has 214 valence electrons. The Kier molecular flexibility index (Phi) is 9.65. The van der Waals surface area contributed by atoms with Crippen molar-refractivity contribution in [3.8, 4) is 17.2 Å². The summed E-state index contributed by atoms with van der Waals surface area (Å²) < 4.78 is 17.7. The van der Waals surface area contributed by atoms with Crippen LogP contribution in [0, 0.1) is 5.92 Å². The maximum absolute atomic E-state index is 14.3. The second-order valence-electron chi connectivity index (χ2n) is 10.5. The van der Waals surface area contributed by atoms with Crippen LogP contribution in [0.15, 0.2) is 36.4 Å². The number of piperidine rings is 1. The van der Waals surface area contributed by atoms with Gasteiger partial charge in [0, 0.05) is 36.8 Å². The fourth-order valence-electron chi connectivity index (χ4n) is 6.47. The van der Waals surface area contributed by atoms with Gasteiger partial charge in [-0.3, -0.25) is 4.79 Å². The van der Waals surface area contributed by atoms with E-state index in [0.717, 1.165) is 44.3 Å². The number of aliphatic hydroxyl groups is 1. The lowest BCUT2D eigenvalue weighted by Crippen LogP contribution is -2.56. The molecule has 39 heavy (non-hydrogen) atoms. The fourth-order valence-corrected chi connectivity index (χ4v) is 6.47. The fraction of sp³-hybridized carbons (Fsp3) is 0.594. The number of carbonyl (C=O) groups is 1. The van der Waals surface area contributed by atoms with E-state index in [2.05, 4.69) is 43.0 Å². The van der Waals surface area contributed by atoms with Gasteiger partial charge in [-0.05, 0) is 83.7 Å². The highest BCUT2D eigenvalue weighted by Gasteiger charge is 2.50. The van der Waals surface area contributed by atoms with Gasteiger partial charge in [0.25, 0.3) is 5.91 Å². The lowest BCUT2D eigenvalue weighted by molar-refractivity contribution is -0.115. The minimum atomic E-state index is -0.747. The second kappa shape index (κ2) is 12.9. The largest absolute Gasteiger partial charge is 0.490 e. The van der Waals surface area contributed by atoms with Crippen LogP contribution >= 0.6 is 0 Å². The first-order chi connectivity index (χ1) is 18.9. The summed E-state index contributed by atoms with van der Waals surface area (Å²) in [7, 11) is 0. The zero-order chi connectivity index (χ0) is 28.0. The SMILES string of the molecule is CCOc1cc(C(=O)N2CCC3(O)CCCCC3[C@@H]2c2ccc(N(CC)CC)cc2)cc(OCC)c1OCC. The molecule has 1 N–H and O–H groups in total. The standard InChI is InChI=1S/C32H46N2O5/c1-6-33(7-2)25-16-14-23(15-17-25)29-26-13-11-12-18-32(26,36)19-20-34(29)31(35)24-21-27(37-8-3)30(39-10-5)28(22-24)38-9-4/h14-17,21-22,26,29,36H,6-13,18-20H2,1-5H3/t26?,29-,32?/m0/s1. The molecule has 0 bridgehead atoms. The van der Waals surface area contributed by atoms with Crippen molar-refractivity contribution in [2.45, 2.75) is 78.4 Å². The summed E-state index contributed by atoms with van der Waals surface area (Å²) in [5.74, 6) is 1.47. The lowest BCUT2D eigenvalue weighted by Gasteiger charge is -2.52. The molecule has 7 nitrogen and oxygen atoms in total. The van der Waals surface area contributed by atoms with Crippen molar-refractivity contribution in [1.82, 2.24) is 4.90 Å². The summed E-state index contributed by atoms with van der Waals surface area (Å²) in [5.41, 5.74) is 2.01. The number of rotatable bonds is 11. The highest BCUT2D eigenvalue weighted by atomic mass is 16.5. The van der Waals surface area contributed by atoms with Crippen molar-refractivity contribution in [2.75, 3.05) is 44.4 Å². The number of likely N-dealkylation sites (tertiary alicyclic amines) is 1. The molecule has 1 saturated heterocycles. The third-order valence-corrected chi connectivity index (χ3v) is 8.35. The lowest BCUT2D eigenvalue weighted by atomic mass is 9.66. The predicted octanol–water partition coefficient (Wildman–Crippen LogP) is 6.24. The van der Waals surface area contributed by atoms with E-state index in [9.17, 15) is 9.90 Å². The molecule has 0 aromatic heterocycles. The molecular formula is C32H46N2O5. The number of ether oxygens (including phenoxy) is 3. The Bertz CT molecular complexity index is 1070. The molecule has 2 fully saturated rings. The highest BCUT2D eigenvalue weighted by Crippen LogP contribution is 2.50. The Morgan fingerprint density at radius 3 is 2.10 bits per heavy atom. The number of anilines is 1. The van der Waals surface area contributed by atoms with Crippen molar-refractivity contribution in [1.29, 1.82) is 0 Å². The number of hydrogen-bond acceptors (Lipinski definition) is 6. The first kappa shape index (κ1) is 29.1. The van der Waals surface area contributed by atoms with E-state index < -0.39 is 5.60 Å². The van der Waals surface area contributed by atoms with Gasteiger partial charge in [0.15, 0.2) is 11.5 Å². The Balaban J connectivity index is 1.76. The van der Waals surface area contributed by atoms with E-state index in [1.165, 1.54) is 5.69 Å². The van der Waals surface area contributed by atoms with Gasteiger partial charge in [-0.2, -0.15) is 0 Å². The summed E-state index contributed by atoms with van der Waals surface area (Å²) >= 11 is 0. The molecule has 7 heteroatoms. The van der Waals surface area contributed by atoms with E-state index in [-0.39, 0.29) is 17.9 Å². The van der Waals surface area contributed by atoms with Gasteiger partial charge >= 0.3 is 0 Å². The van der Waals surface area contributed by atoms with E-state index in [1.807, 2.05) is 25.7 Å². The van der Waals surface area contributed by atoms with Crippen LogP contribution in [0.25, 0.3) is 0 Å². The topological polar surface area (TPSA) is 71.5 Å². The molecule has 1 aliphatic heterocycles. The second-order valence-corrected chi connectivity index (χ2v) is 10.5. The van der Waals surface area contributed by atoms with Crippen LogP contribution in [0.5, 0.6) is 17.2 Å². The quantitative estimate of drug-likeness (QED) is 0.365. The van der Waals surface area contributed by atoms with Crippen LogP contribution in [-0.4, -0.2) is 61.0 Å². The predicted molar refractivity (Wildman–Crippen MR) is 155 cm³/mol. The van der Waals surface area contributed by atoms with Gasteiger partial charge < -0.3 is 29.1 Å². The van der Waals surface area contributed by atoms with Gasteiger partial charge in [0.05, 0.1) is 31.5 Å². The van der Waals surface area contributed by atoms with Gasteiger partial charge in [-0.25, -0.2) is 0 Å². The van der Waals surface area contributed by atoms with Crippen molar-refractivity contribution in [3.05, 3.63) is 47.5 Å². The molecule has 3 atom stereocenters. The Morgan fingerprint density at radius 1 is 0.923 bits per heavy atom. The van der Waals surface area contributed by atoms with Crippen LogP contribution in [0.4, 0.5) is 5.69 Å². The summed E-state index contributed by atoms with van der Waals surface area (Å²) in [6.45, 7) is 13.8. The minimum absolute atomic E-state index is 0.0105. The number of fused-ring (bicyclic) bond motifs is 1. The Morgan fingerprint density at radius 2 is 1.54 bits per heavy atom. The van der Waals surface area contributed by atoms with Crippen molar-refractivity contribution in [2.24, 2.45) is 5.92 Å². The summed E-state index contributed by atoms with van der Waals surface area (Å²) in [6, 6.07) is 11.9. The third kappa shape index (κ3) is 5.98. The van der Waals surface area contributed by atoms with Gasteiger partial charge in [0.1, 0.15) is 0 Å². The molecule has 2 aromatic carbocycles. The summed E-state index contributed by atoms with van der Waals surface area (Å²) in [4.78, 5) is 18.6. The number of nitrogens with zero attached hydrogens (tertiary/aromatic N) is 2. The molecule has 1 heterocycles. The zero-order valence-corrected chi connectivity index (χ0v) is 24.4. The molecule has 4 rings (SSSR count). The average molecular weight is 539 g/mol. The summed E-state index contributed by atoms with van der Waals surface area (Å²) in [6.07, 6.45) is 4.38. The zero-order valence-electron chi connectivity index (χ0n) is 24.4. The molecule has 1 amide bonds. The maximum atomic E-state index is 14.3. The number of carbonyl (C=O) groups excluding carboxylic acids is 1. The maximum Gasteiger partial charge on any atom is 0.254 e. The Labute approximate surface area is 234 Å². The van der Waals surface area contributed by atoms with E-state index >= 15 is 0 Å². The molecule has 2 aliphatic rings. The van der Waals surface area contributed by atoms with Gasteiger partial charge in [-0.1, -0.05) is 25.0 Å². The molecule has 1 aliphatic carbocycles. The number of amides is 1. The van der Waals surface area contributed by atoms with Crippen LogP contribution in [-0.2, 0) is 0 Å². The van der Waals surface area contributed by atoms with E-state index in [0.29, 0.717) is 55.6 Å². The van der Waals surface area contributed by atoms with Crippen LogP contribution in [0.3, 0.4) is 0 Å². The summed E-state index contributed by atoms with van der Waals surface area (Å²) in [5, 5.41) is 11.7. The molecule has 1 saturated carbocycles. The van der Waals surface area contributed by atoms with E-state index in [1.54, 1.807) is 12.1 Å². The minimum Gasteiger partial charge on any atom is -0.490 e. The number of benzene rings is 2. The smallest absolute Gasteiger partial charge is 0.254 e. The molecule has 0 radical (unpaired) electrons. The first-order valence-electron chi connectivity index (χ1n) is 14.8. The Hall–Kier alpha value is -2.93. The third-order valence-electron chi connectivity index (χ3n) is 8.35. The van der Waals surface area contributed by atoms with Crippen molar-refractivity contribution in [3.63, 3.8) is 0 Å². The van der Waals surface area contributed by atoms with E-state index in [4.69, 9.17) is 14.2 Å². The molecule has 0 spiro atoms. The highest BCUT2D eigenvalue weighted by molar-refractivity contribution is 5.96. The number of hydrogen-bond donors (Lipinski definition) is 1. The monoisotopic (exact) mass is 538 g/mol. The van der Waals surface area contributed by atoms with Gasteiger partial charge in [-0.15, -0.1) is 0 Å².